The highest BCUT2D eigenvalue weighted by molar-refractivity contribution is 5.94. The van der Waals surface area contributed by atoms with Gasteiger partial charge in [0.05, 0.1) is 6.04 Å². The summed E-state index contributed by atoms with van der Waals surface area (Å²) in [5.74, 6) is -3.94. The molecule has 0 rings (SSSR count). The summed E-state index contributed by atoms with van der Waals surface area (Å²) in [6.07, 6.45) is 1.28. The Hall–Kier alpha value is -2.73. The van der Waals surface area contributed by atoms with Gasteiger partial charge in [-0.2, -0.15) is 0 Å². The zero-order valence-electron chi connectivity index (χ0n) is 20.6. The number of unbranched alkanes of at least 4 members (excludes halogenated alkanes) is 1. The molecule has 0 saturated heterocycles. The minimum atomic E-state index is -1.18. The minimum Gasteiger partial charge on any atom is -0.480 e. The summed E-state index contributed by atoms with van der Waals surface area (Å²) < 4.78 is 0. The Morgan fingerprint density at radius 2 is 1.29 bits per heavy atom. The molecule has 196 valence electrons. The summed E-state index contributed by atoms with van der Waals surface area (Å²) in [6.45, 7) is 7.54. The van der Waals surface area contributed by atoms with Crippen molar-refractivity contribution in [2.45, 2.75) is 90.4 Å². The smallest absolute Gasteiger partial charge is 0.326 e. The Labute approximate surface area is 201 Å². The molecule has 0 aliphatic carbocycles. The maximum atomic E-state index is 13.0. The molecule has 0 radical (unpaired) electrons. The van der Waals surface area contributed by atoms with Crippen LogP contribution in [0.4, 0.5) is 0 Å². The number of nitrogens with two attached hydrogens (primary N) is 3. The normalized spacial score (nSPS) is 14.7. The average molecular weight is 487 g/mol. The molecular formula is C22H42N6O6. The summed E-state index contributed by atoms with van der Waals surface area (Å²) >= 11 is 0. The van der Waals surface area contributed by atoms with E-state index in [1.807, 2.05) is 13.8 Å². The van der Waals surface area contributed by atoms with Crippen LogP contribution in [-0.2, 0) is 24.0 Å². The van der Waals surface area contributed by atoms with Gasteiger partial charge in [-0.1, -0.05) is 27.7 Å². The van der Waals surface area contributed by atoms with Gasteiger partial charge in [0.15, 0.2) is 0 Å². The van der Waals surface area contributed by atoms with Crippen LogP contribution in [0, 0.1) is 11.8 Å². The Bertz CT molecular complexity index is 699. The fourth-order valence-corrected chi connectivity index (χ4v) is 3.13. The molecule has 0 saturated carbocycles. The van der Waals surface area contributed by atoms with Crippen molar-refractivity contribution in [3.8, 4) is 0 Å². The molecule has 0 aliphatic heterocycles. The number of carboxylic acid groups (broad SMARTS) is 1. The lowest BCUT2D eigenvalue weighted by atomic mass is 10.0. The Kier molecular flexibility index (Phi) is 14.7. The molecule has 0 fully saturated rings. The molecule has 0 spiro atoms. The van der Waals surface area contributed by atoms with E-state index < -0.39 is 53.8 Å². The molecule has 4 unspecified atom stereocenters. The zero-order chi connectivity index (χ0) is 26.4. The average Bonchev–Trinajstić information content (AvgIpc) is 2.73. The van der Waals surface area contributed by atoms with Crippen molar-refractivity contribution in [3.05, 3.63) is 0 Å². The van der Waals surface area contributed by atoms with Crippen molar-refractivity contribution in [1.29, 1.82) is 0 Å². The third-order valence-corrected chi connectivity index (χ3v) is 5.23. The number of carbonyl (C=O) groups is 5. The van der Waals surface area contributed by atoms with Crippen molar-refractivity contribution in [2.75, 3.05) is 6.54 Å². The molecule has 0 heterocycles. The first-order valence-electron chi connectivity index (χ1n) is 11.7. The third kappa shape index (κ3) is 12.5. The molecule has 0 aromatic heterocycles. The number of nitrogens with one attached hydrogen (secondary N) is 3. The van der Waals surface area contributed by atoms with Gasteiger partial charge in [-0.15, -0.1) is 0 Å². The van der Waals surface area contributed by atoms with Crippen LogP contribution in [0.5, 0.6) is 0 Å². The van der Waals surface area contributed by atoms with Crippen molar-refractivity contribution in [3.63, 3.8) is 0 Å². The van der Waals surface area contributed by atoms with E-state index >= 15 is 0 Å². The molecule has 4 amide bonds. The molecule has 12 nitrogen and oxygen atoms in total. The molecule has 0 aromatic rings. The van der Waals surface area contributed by atoms with E-state index in [2.05, 4.69) is 16.0 Å². The second-order valence-electron chi connectivity index (χ2n) is 9.21. The second-order valence-corrected chi connectivity index (χ2v) is 9.21. The van der Waals surface area contributed by atoms with Gasteiger partial charge in [-0.3, -0.25) is 19.2 Å². The second kappa shape index (κ2) is 16.0. The monoisotopic (exact) mass is 486 g/mol. The van der Waals surface area contributed by atoms with Gasteiger partial charge in [-0.25, -0.2) is 4.79 Å². The zero-order valence-corrected chi connectivity index (χ0v) is 20.6. The minimum absolute atomic E-state index is 0.0187. The Morgan fingerprint density at radius 1 is 0.794 bits per heavy atom. The van der Waals surface area contributed by atoms with Crippen LogP contribution in [0.15, 0.2) is 0 Å². The first kappa shape index (κ1) is 31.3. The lowest BCUT2D eigenvalue weighted by Gasteiger charge is -2.26. The lowest BCUT2D eigenvalue weighted by molar-refractivity contribution is -0.142. The van der Waals surface area contributed by atoms with E-state index in [1.54, 1.807) is 13.8 Å². The number of primary amides is 1. The van der Waals surface area contributed by atoms with Crippen molar-refractivity contribution in [2.24, 2.45) is 29.0 Å². The molecule has 0 aliphatic rings. The molecule has 10 N–H and O–H groups in total. The first-order valence-corrected chi connectivity index (χ1v) is 11.7. The van der Waals surface area contributed by atoms with Gasteiger partial charge in [0.2, 0.25) is 23.6 Å². The van der Waals surface area contributed by atoms with E-state index in [0.717, 1.165) is 0 Å². The summed E-state index contributed by atoms with van der Waals surface area (Å²) in [6, 6.07) is -4.20. The summed E-state index contributed by atoms with van der Waals surface area (Å²) in [5.41, 5.74) is 16.6. The highest BCUT2D eigenvalue weighted by atomic mass is 16.4. The van der Waals surface area contributed by atoms with Crippen LogP contribution in [0.3, 0.4) is 0 Å². The van der Waals surface area contributed by atoms with Gasteiger partial charge in [0.25, 0.3) is 0 Å². The van der Waals surface area contributed by atoms with E-state index in [0.29, 0.717) is 19.4 Å². The van der Waals surface area contributed by atoms with Crippen LogP contribution in [0.25, 0.3) is 0 Å². The van der Waals surface area contributed by atoms with Crippen LogP contribution in [0.2, 0.25) is 0 Å². The number of hydrogen-bond donors (Lipinski definition) is 7. The predicted molar refractivity (Wildman–Crippen MR) is 127 cm³/mol. The number of aliphatic carboxylic acids is 1. The maximum absolute atomic E-state index is 13.0. The van der Waals surface area contributed by atoms with Crippen molar-refractivity contribution < 1.29 is 29.1 Å². The first-order chi connectivity index (χ1) is 15.8. The number of carboxylic acids is 1. The van der Waals surface area contributed by atoms with Crippen LogP contribution in [-0.4, -0.2) is 65.4 Å². The van der Waals surface area contributed by atoms with Gasteiger partial charge in [-0.05, 0) is 50.5 Å². The number of carbonyl (C=O) groups excluding carboxylic acids is 4. The number of rotatable bonds is 17. The van der Waals surface area contributed by atoms with Gasteiger partial charge in [0, 0.05) is 6.42 Å². The maximum Gasteiger partial charge on any atom is 0.326 e. The number of hydrogen-bond acceptors (Lipinski definition) is 7. The van der Waals surface area contributed by atoms with E-state index in [4.69, 9.17) is 17.2 Å². The van der Waals surface area contributed by atoms with Crippen LogP contribution >= 0.6 is 0 Å². The fourth-order valence-electron chi connectivity index (χ4n) is 3.13. The third-order valence-electron chi connectivity index (χ3n) is 5.23. The van der Waals surface area contributed by atoms with Crippen molar-refractivity contribution >= 4 is 29.6 Å². The van der Waals surface area contributed by atoms with E-state index in [9.17, 15) is 29.1 Å². The van der Waals surface area contributed by atoms with Gasteiger partial charge >= 0.3 is 5.97 Å². The highest BCUT2D eigenvalue weighted by Gasteiger charge is 2.31. The molecular weight excluding hydrogens is 444 g/mol. The fraction of sp³-hybridized carbons (Fsp3) is 0.773. The molecule has 0 aromatic carbocycles. The van der Waals surface area contributed by atoms with Crippen molar-refractivity contribution in [1.82, 2.24) is 16.0 Å². The van der Waals surface area contributed by atoms with Crippen LogP contribution < -0.4 is 33.2 Å². The number of amides is 4. The summed E-state index contributed by atoms with van der Waals surface area (Å²) in [7, 11) is 0. The topological polar surface area (TPSA) is 220 Å². The molecule has 0 bridgehead atoms. The highest BCUT2D eigenvalue weighted by Crippen LogP contribution is 2.09. The molecule has 4 atom stereocenters. The Morgan fingerprint density at radius 3 is 1.74 bits per heavy atom. The van der Waals surface area contributed by atoms with E-state index in [1.165, 1.54) is 0 Å². The Balaban J connectivity index is 5.58. The SMILES string of the molecule is CC(C)CC(NC(=O)C(CCCCN)NC(=O)C(CCC(N)=O)NC(=O)C(N)C(C)C)C(=O)O. The summed E-state index contributed by atoms with van der Waals surface area (Å²) in [4.78, 5) is 61.1. The largest absolute Gasteiger partial charge is 0.480 e. The predicted octanol–water partition coefficient (Wildman–Crippen LogP) is -1.05. The van der Waals surface area contributed by atoms with Gasteiger partial charge in [0.1, 0.15) is 18.1 Å². The quantitative estimate of drug-likeness (QED) is 0.125. The standard InChI is InChI=1S/C22H42N6O6/c1-12(2)11-16(22(33)34)28-19(30)14(7-5-6-10-23)26-20(31)15(8-9-17(24)29)27-21(32)18(25)13(3)4/h12-16,18H,5-11,23,25H2,1-4H3,(H2,24,29)(H,26,31)(H,27,32)(H,28,30)(H,33,34). The lowest BCUT2D eigenvalue weighted by Crippen LogP contribution is -2.57. The molecule has 12 heteroatoms. The van der Waals surface area contributed by atoms with Crippen LogP contribution in [0.1, 0.15) is 66.2 Å². The molecule has 34 heavy (non-hydrogen) atoms. The van der Waals surface area contributed by atoms with E-state index in [-0.39, 0.29) is 37.5 Å². The summed E-state index contributed by atoms with van der Waals surface area (Å²) in [5, 5.41) is 17.0. The van der Waals surface area contributed by atoms with Gasteiger partial charge < -0.3 is 38.3 Å².